The third-order valence-corrected chi connectivity index (χ3v) is 7.09. The summed E-state index contributed by atoms with van der Waals surface area (Å²) in [7, 11) is -1.45. The van der Waals surface area contributed by atoms with Crippen LogP contribution in [0.2, 0.25) is 0 Å². The topological polar surface area (TPSA) is 180 Å². The van der Waals surface area contributed by atoms with Gasteiger partial charge >= 0.3 is 0 Å². The van der Waals surface area contributed by atoms with E-state index in [-0.39, 0.29) is 22.2 Å². The number of anilines is 1. The van der Waals surface area contributed by atoms with Crippen molar-refractivity contribution in [1.82, 2.24) is 4.98 Å². The number of nitrogens with two attached hydrogens (primary N) is 1. The second kappa shape index (κ2) is 15.7. The molecule has 196 valence electrons. The van der Waals surface area contributed by atoms with Crippen LogP contribution in [0.15, 0.2) is 107 Å². The maximum Gasteiger partial charge on any atom is 0.150 e. The number of benzene rings is 3. The normalized spacial score (nSPS) is 10.7. The summed E-state index contributed by atoms with van der Waals surface area (Å²) in [6.45, 7) is 0. The molecule has 0 bridgehead atoms. The molecule has 0 radical (unpaired) electrons. The maximum absolute atomic E-state index is 13.1. The first-order valence-electron chi connectivity index (χ1n) is 10.9. The third kappa shape index (κ3) is 8.90. The van der Waals surface area contributed by atoms with Gasteiger partial charge in [-0.25, -0.2) is 4.21 Å². The van der Waals surface area contributed by atoms with Crippen LogP contribution in [-0.2, 0) is 28.6 Å². The van der Waals surface area contributed by atoms with E-state index in [1.807, 2.05) is 84.9 Å². The molecule has 0 aliphatic rings. The van der Waals surface area contributed by atoms with E-state index in [1.54, 1.807) is 12.4 Å². The van der Waals surface area contributed by atoms with E-state index < -0.39 is 11.0 Å². The Balaban J connectivity index is 0.00000228. The molecule has 4 rings (SSSR count). The van der Waals surface area contributed by atoms with Crippen molar-refractivity contribution in [3.8, 4) is 11.1 Å². The minimum absolute atomic E-state index is 0. The fourth-order valence-corrected chi connectivity index (χ4v) is 4.92. The first-order valence-corrected chi connectivity index (χ1v) is 12.9. The fourth-order valence-electron chi connectivity index (χ4n) is 3.58. The van der Waals surface area contributed by atoms with Crippen molar-refractivity contribution in [2.24, 2.45) is 5.14 Å². The Morgan fingerprint density at radius 1 is 0.865 bits per heavy atom. The predicted octanol–water partition coefficient (Wildman–Crippen LogP) is 3.12. The highest BCUT2D eigenvalue weighted by Crippen LogP contribution is 2.28. The molecule has 1 atom stereocenters. The van der Waals surface area contributed by atoms with Crippen LogP contribution >= 0.6 is 11.9 Å². The first kappa shape index (κ1) is 31.6. The summed E-state index contributed by atoms with van der Waals surface area (Å²) in [5.74, 6) is 0.182. The number of nitrogens with zero attached hydrogens (tertiary/aromatic N) is 1. The minimum atomic E-state index is -1.45. The summed E-state index contributed by atoms with van der Waals surface area (Å²) >= 11 is 1.20. The van der Waals surface area contributed by atoms with Gasteiger partial charge in [0.15, 0.2) is 11.0 Å². The summed E-state index contributed by atoms with van der Waals surface area (Å²) in [4.78, 5) is 18.1. The maximum atomic E-state index is 13.1. The van der Waals surface area contributed by atoms with Crippen LogP contribution in [0.3, 0.4) is 0 Å². The first-order chi connectivity index (χ1) is 16.6. The van der Waals surface area contributed by atoms with Crippen LogP contribution in [0.1, 0.15) is 17.5 Å². The molecule has 3 aromatic carbocycles. The van der Waals surface area contributed by atoms with Crippen LogP contribution < -0.4 is 9.86 Å². The molecule has 0 fully saturated rings. The Bertz CT molecular complexity index is 1270. The lowest BCUT2D eigenvalue weighted by molar-refractivity contribution is -0.118. The molecule has 0 saturated carbocycles. The van der Waals surface area contributed by atoms with Crippen molar-refractivity contribution in [3.05, 3.63) is 108 Å². The van der Waals surface area contributed by atoms with E-state index in [9.17, 15) is 9.00 Å². The summed E-state index contributed by atoms with van der Waals surface area (Å²) in [6, 6.07) is 26.9. The van der Waals surface area contributed by atoms with E-state index in [4.69, 9.17) is 5.14 Å². The van der Waals surface area contributed by atoms with Gasteiger partial charge in [-0.1, -0.05) is 48.5 Å². The number of Topliss-reactive ketones (excluding diaryl/α,β-unsaturated/α-hetero) is 1. The molecule has 8 nitrogen and oxygen atoms in total. The van der Waals surface area contributed by atoms with Gasteiger partial charge in [0.2, 0.25) is 0 Å². The van der Waals surface area contributed by atoms with Crippen LogP contribution in [0.4, 0.5) is 5.69 Å². The molecular formula is C27H31N3O5S2. The lowest BCUT2D eigenvalue weighted by Crippen LogP contribution is -2.07. The zero-order valence-electron chi connectivity index (χ0n) is 20.0. The number of carbonyl (C=O) groups is 1. The van der Waals surface area contributed by atoms with E-state index in [2.05, 4.69) is 9.71 Å². The summed E-state index contributed by atoms with van der Waals surface area (Å²) in [6.07, 6.45) is 5.07. The van der Waals surface area contributed by atoms with Crippen molar-refractivity contribution >= 4 is 34.4 Å². The van der Waals surface area contributed by atoms with Crippen molar-refractivity contribution in [1.29, 1.82) is 0 Å². The highest BCUT2D eigenvalue weighted by Gasteiger charge is 2.12. The van der Waals surface area contributed by atoms with Crippen molar-refractivity contribution in [3.63, 3.8) is 0 Å². The largest absolute Gasteiger partial charge is 0.412 e. The van der Waals surface area contributed by atoms with Crippen LogP contribution in [0.25, 0.3) is 11.1 Å². The Morgan fingerprint density at radius 3 is 2.22 bits per heavy atom. The Kier molecular flexibility index (Phi) is 13.4. The van der Waals surface area contributed by atoms with Crippen LogP contribution in [0, 0.1) is 0 Å². The van der Waals surface area contributed by atoms with E-state index in [0.29, 0.717) is 24.2 Å². The number of aryl methyl sites for hydroxylation is 1. The average molecular weight is 542 g/mol. The number of aromatic nitrogens is 1. The lowest BCUT2D eigenvalue weighted by atomic mass is 10.0. The van der Waals surface area contributed by atoms with Crippen molar-refractivity contribution in [2.45, 2.75) is 29.1 Å². The van der Waals surface area contributed by atoms with Crippen LogP contribution in [0.5, 0.6) is 0 Å². The van der Waals surface area contributed by atoms with E-state index >= 15 is 0 Å². The molecule has 10 heteroatoms. The van der Waals surface area contributed by atoms with Crippen LogP contribution in [-0.4, -0.2) is 31.4 Å². The second-order valence-corrected chi connectivity index (χ2v) is 9.67. The molecule has 0 saturated heterocycles. The minimum Gasteiger partial charge on any atom is -0.412 e. The van der Waals surface area contributed by atoms with Gasteiger partial charge in [-0.15, -0.1) is 0 Å². The zero-order chi connectivity index (χ0) is 23.8. The molecule has 0 amide bonds. The van der Waals surface area contributed by atoms with E-state index in [0.717, 1.165) is 32.8 Å². The SMILES string of the molecule is NSc1ccc(-c2ccccc2S(=O)Nc2ccc(CC(=O)CCc3cccnc3)cc2)cc1.O.O.O. The van der Waals surface area contributed by atoms with Gasteiger partial charge < -0.3 is 21.2 Å². The molecule has 1 unspecified atom stereocenters. The molecule has 4 aromatic rings. The number of nitrogens with one attached hydrogen (secondary N) is 1. The van der Waals surface area contributed by atoms with Gasteiger partial charge in [0.1, 0.15) is 5.78 Å². The van der Waals surface area contributed by atoms with Gasteiger partial charge in [-0.05, 0) is 77.0 Å². The summed E-state index contributed by atoms with van der Waals surface area (Å²) in [5.41, 5.74) is 4.61. The number of rotatable bonds is 10. The Labute approximate surface area is 223 Å². The standard InChI is InChI=1S/C27H25N3O2S2.3H2O/c28-33-25-15-10-22(11-16-25)26-5-1-2-6-27(26)34(32)30-23-12-7-20(8-13-23)18-24(31)14-9-21-4-3-17-29-19-21;;;/h1-8,10-13,15-17,19,30H,9,14,18,28H2;3*1H2. The fraction of sp³-hybridized carbons (Fsp3) is 0.111. The Hall–Kier alpha value is -3.38. The third-order valence-electron chi connectivity index (χ3n) is 5.37. The smallest absolute Gasteiger partial charge is 0.150 e. The number of carbonyl (C=O) groups excluding carboxylic acids is 1. The number of hydrogen-bond donors (Lipinski definition) is 2. The molecule has 37 heavy (non-hydrogen) atoms. The molecule has 1 aromatic heterocycles. The monoisotopic (exact) mass is 541 g/mol. The molecule has 0 spiro atoms. The van der Waals surface area contributed by atoms with Gasteiger partial charge in [-0.3, -0.25) is 14.9 Å². The quantitative estimate of drug-likeness (QED) is 0.292. The molecule has 9 N–H and O–H groups in total. The number of ketones is 1. The zero-order valence-corrected chi connectivity index (χ0v) is 21.6. The molecular weight excluding hydrogens is 510 g/mol. The average Bonchev–Trinajstić information content (AvgIpc) is 2.89. The molecule has 0 aliphatic heterocycles. The number of pyridine rings is 1. The number of hydrogen-bond acceptors (Lipinski definition) is 5. The van der Waals surface area contributed by atoms with Gasteiger partial charge in [0, 0.05) is 35.8 Å². The molecule has 0 aliphatic carbocycles. The lowest BCUT2D eigenvalue weighted by Gasteiger charge is -2.12. The van der Waals surface area contributed by atoms with E-state index in [1.165, 1.54) is 11.9 Å². The summed E-state index contributed by atoms with van der Waals surface area (Å²) < 4.78 is 16.2. The predicted molar refractivity (Wildman–Crippen MR) is 151 cm³/mol. The Morgan fingerprint density at radius 2 is 1.57 bits per heavy atom. The highest BCUT2D eigenvalue weighted by atomic mass is 32.2. The van der Waals surface area contributed by atoms with Crippen molar-refractivity contribution < 1.29 is 25.4 Å². The molecule has 1 heterocycles. The summed E-state index contributed by atoms with van der Waals surface area (Å²) in [5, 5.41) is 5.62. The second-order valence-electron chi connectivity index (χ2n) is 7.78. The van der Waals surface area contributed by atoms with Gasteiger partial charge in [0.25, 0.3) is 0 Å². The van der Waals surface area contributed by atoms with Crippen molar-refractivity contribution in [2.75, 3.05) is 4.72 Å². The highest BCUT2D eigenvalue weighted by molar-refractivity contribution is 7.97. The van der Waals surface area contributed by atoms with Gasteiger partial charge in [0.05, 0.1) is 4.90 Å². The van der Waals surface area contributed by atoms with Gasteiger partial charge in [-0.2, -0.15) is 0 Å².